The molecule has 1 aromatic rings. The van der Waals surface area contributed by atoms with E-state index in [9.17, 15) is 4.79 Å². The van der Waals surface area contributed by atoms with Crippen molar-refractivity contribution in [3.63, 3.8) is 0 Å². The van der Waals surface area contributed by atoms with E-state index >= 15 is 0 Å². The van der Waals surface area contributed by atoms with E-state index in [1.807, 2.05) is 38.1 Å². The lowest BCUT2D eigenvalue weighted by atomic mass is 10.0. The quantitative estimate of drug-likeness (QED) is 0.860. The van der Waals surface area contributed by atoms with Crippen LogP contribution < -0.4 is 11.1 Å². The average Bonchev–Trinajstić information content (AvgIpc) is 2.76. The Kier molecular flexibility index (Phi) is 3.99. The summed E-state index contributed by atoms with van der Waals surface area (Å²) in [5.74, 6) is -0.00773. The van der Waals surface area contributed by atoms with Crippen molar-refractivity contribution in [2.45, 2.75) is 32.4 Å². The van der Waals surface area contributed by atoms with Crippen LogP contribution in [-0.4, -0.2) is 18.6 Å². The summed E-state index contributed by atoms with van der Waals surface area (Å²) >= 11 is 0. The molecule has 4 nitrogen and oxygen atoms in total. The molecule has 0 radical (unpaired) electrons. The summed E-state index contributed by atoms with van der Waals surface area (Å²) in [6, 6.07) is 7.66. The Morgan fingerprint density at radius 2 is 2.11 bits per heavy atom. The van der Waals surface area contributed by atoms with Crippen molar-refractivity contribution in [1.29, 1.82) is 0 Å². The van der Waals surface area contributed by atoms with Crippen molar-refractivity contribution < 1.29 is 9.53 Å². The van der Waals surface area contributed by atoms with E-state index in [1.165, 1.54) is 0 Å². The van der Waals surface area contributed by atoms with Crippen LogP contribution in [0.3, 0.4) is 0 Å². The van der Waals surface area contributed by atoms with Gasteiger partial charge < -0.3 is 15.8 Å². The normalized spacial score (nSPS) is 24.8. The van der Waals surface area contributed by atoms with Gasteiger partial charge in [-0.1, -0.05) is 12.1 Å². The Morgan fingerprint density at radius 3 is 2.61 bits per heavy atom. The second-order valence-corrected chi connectivity index (χ2v) is 4.87. The number of carbonyl (C=O) groups is 1. The number of hydrogen-bond acceptors (Lipinski definition) is 3. The van der Waals surface area contributed by atoms with Crippen LogP contribution in [0.5, 0.6) is 0 Å². The Bertz CT molecular complexity index is 414. The molecule has 0 saturated carbocycles. The summed E-state index contributed by atoms with van der Waals surface area (Å²) in [4.78, 5) is 12.0. The highest BCUT2D eigenvalue weighted by Gasteiger charge is 2.30. The summed E-state index contributed by atoms with van der Waals surface area (Å²) in [5.41, 5.74) is 7.65. The van der Waals surface area contributed by atoms with Crippen molar-refractivity contribution >= 4 is 11.6 Å². The topological polar surface area (TPSA) is 64.3 Å². The van der Waals surface area contributed by atoms with Crippen LogP contribution >= 0.6 is 0 Å². The zero-order valence-electron chi connectivity index (χ0n) is 10.8. The number of benzene rings is 1. The SMILES string of the molecule is CC(N)c1ccc(NC(=O)C2CCOC2C)cc1. The van der Waals surface area contributed by atoms with Crippen molar-refractivity contribution in [3.05, 3.63) is 29.8 Å². The Morgan fingerprint density at radius 1 is 1.44 bits per heavy atom. The molecule has 98 valence electrons. The number of amides is 1. The summed E-state index contributed by atoms with van der Waals surface area (Å²) in [6.07, 6.45) is 0.804. The van der Waals surface area contributed by atoms with Crippen LogP contribution in [-0.2, 0) is 9.53 Å². The van der Waals surface area contributed by atoms with E-state index in [1.54, 1.807) is 0 Å². The first-order chi connectivity index (χ1) is 8.58. The predicted molar refractivity (Wildman–Crippen MR) is 71.2 cm³/mol. The third kappa shape index (κ3) is 2.89. The maximum absolute atomic E-state index is 12.0. The summed E-state index contributed by atoms with van der Waals surface area (Å²) < 4.78 is 5.40. The van der Waals surface area contributed by atoms with Gasteiger partial charge in [0, 0.05) is 18.3 Å². The molecule has 1 heterocycles. The number of nitrogens with one attached hydrogen (secondary N) is 1. The highest BCUT2D eigenvalue weighted by molar-refractivity contribution is 5.93. The van der Waals surface area contributed by atoms with E-state index in [-0.39, 0.29) is 24.0 Å². The third-order valence-electron chi connectivity index (χ3n) is 3.42. The van der Waals surface area contributed by atoms with Gasteiger partial charge >= 0.3 is 0 Å². The molecule has 4 heteroatoms. The standard InChI is InChI=1S/C14H20N2O2/c1-9(15)11-3-5-12(6-4-11)16-14(17)13-7-8-18-10(13)2/h3-6,9-10,13H,7-8,15H2,1-2H3,(H,16,17). The molecule has 1 aliphatic heterocycles. The third-order valence-corrected chi connectivity index (χ3v) is 3.42. The lowest BCUT2D eigenvalue weighted by Gasteiger charge is -2.14. The Hall–Kier alpha value is -1.39. The van der Waals surface area contributed by atoms with Crippen molar-refractivity contribution in [1.82, 2.24) is 0 Å². The van der Waals surface area contributed by atoms with E-state index in [2.05, 4.69) is 5.32 Å². The van der Waals surface area contributed by atoms with Crippen LogP contribution in [0.4, 0.5) is 5.69 Å². The van der Waals surface area contributed by atoms with E-state index in [4.69, 9.17) is 10.5 Å². The lowest BCUT2D eigenvalue weighted by Crippen LogP contribution is -2.27. The monoisotopic (exact) mass is 248 g/mol. The largest absolute Gasteiger partial charge is 0.378 e. The number of nitrogens with two attached hydrogens (primary N) is 1. The first kappa shape index (κ1) is 13.1. The number of anilines is 1. The second-order valence-electron chi connectivity index (χ2n) is 4.87. The van der Waals surface area contributed by atoms with Crippen molar-refractivity contribution in [3.8, 4) is 0 Å². The minimum absolute atomic E-state index is 0.00772. The van der Waals surface area contributed by atoms with Crippen LogP contribution in [0.2, 0.25) is 0 Å². The van der Waals surface area contributed by atoms with Gasteiger partial charge in [-0.2, -0.15) is 0 Å². The number of carbonyl (C=O) groups excluding carboxylic acids is 1. The number of rotatable bonds is 3. The summed E-state index contributed by atoms with van der Waals surface area (Å²) in [5, 5.41) is 2.92. The molecule has 1 fully saturated rings. The molecule has 3 atom stereocenters. The van der Waals surface area contributed by atoms with Gasteiger partial charge in [-0.05, 0) is 38.0 Å². The molecule has 3 N–H and O–H groups in total. The first-order valence-corrected chi connectivity index (χ1v) is 6.36. The molecule has 2 rings (SSSR count). The zero-order chi connectivity index (χ0) is 13.1. The van der Waals surface area contributed by atoms with Gasteiger partial charge in [0.2, 0.25) is 5.91 Å². The van der Waals surface area contributed by atoms with Crippen LogP contribution in [0, 0.1) is 5.92 Å². The molecule has 1 saturated heterocycles. The first-order valence-electron chi connectivity index (χ1n) is 6.36. The van der Waals surface area contributed by atoms with Gasteiger partial charge in [-0.25, -0.2) is 0 Å². The highest BCUT2D eigenvalue weighted by atomic mass is 16.5. The maximum Gasteiger partial charge on any atom is 0.230 e. The minimum atomic E-state index is -0.0434. The van der Waals surface area contributed by atoms with Gasteiger partial charge in [0.05, 0.1) is 12.0 Å². The van der Waals surface area contributed by atoms with E-state index < -0.39 is 0 Å². The predicted octanol–water partition coefficient (Wildman–Crippen LogP) is 2.07. The molecular formula is C14H20N2O2. The Balaban J connectivity index is 1.98. The fourth-order valence-electron chi connectivity index (χ4n) is 2.18. The van der Waals surface area contributed by atoms with Gasteiger partial charge in [-0.15, -0.1) is 0 Å². The average molecular weight is 248 g/mol. The minimum Gasteiger partial charge on any atom is -0.378 e. The van der Waals surface area contributed by atoms with E-state index in [0.717, 1.165) is 17.7 Å². The second kappa shape index (κ2) is 5.50. The Labute approximate surface area is 108 Å². The van der Waals surface area contributed by atoms with Gasteiger partial charge in [0.1, 0.15) is 0 Å². The van der Waals surface area contributed by atoms with Crippen molar-refractivity contribution in [2.75, 3.05) is 11.9 Å². The van der Waals surface area contributed by atoms with Crippen LogP contribution in [0.1, 0.15) is 31.9 Å². The summed E-state index contributed by atoms with van der Waals surface area (Å²) in [7, 11) is 0. The molecule has 1 amide bonds. The number of ether oxygens (including phenoxy) is 1. The molecule has 1 aromatic carbocycles. The molecule has 0 aliphatic carbocycles. The fraction of sp³-hybridized carbons (Fsp3) is 0.500. The fourth-order valence-corrected chi connectivity index (χ4v) is 2.18. The van der Waals surface area contributed by atoms with Crippen LogP contribution in [0.25, 0.3) is 0 Å². The van der Waals surface area contributed by atoms with E-state index in [0.29, 0.717) is 6.61 Å². The van der Waals surface area contributed by atoms with Gasteiger partial charge in [-0.3, -0.25) is 4.79 Å². The highest BCUT2D eigenvalue weighted by Crippen LogP contribution is 2.22. The molecule has 3 unspecified atom stereocenters. The molecular weight excluding hydrogens is 228 g/mol. The molecule has 1 aliphatic rings. The molecule has 0 spiro atoms. The number of hydrogen-bond donors (Lipinski definition) is 2. The molecule has 0 aromatic heterocycles. The van der Waals surface area contributed by atoms with Crippen molar-refractivity contribution in [2.24, 2.45) is 11.7 Å². The smallest absolute Gasteiger partial charge is 0.230 e. The molecule has 18 heavy (non-hydrogen) atoms. The zero-order valence-corrected chi connectivity index (χ0v) is 10.8. The maximum atomic E-state index is 12.0. The summed E-state index contributed by atoms with van der Waals surface area (Å²) in [6.45, 7) is 4.55. The van der Waals surface area contributed by atoms with Gasteiger partial charge in [0.15, 0.2) is 0 Å². The van der Waals surface area contributed by atoms with Gasteiger partial charge in [0.25, 0.3) is 0 Å². The van der Waals surface area contributed by atoms with Crippen LogP contribution in [0.15, 0.2) is 24.3 Å². The lowest BCUT2D eigenvalue weighted by molar-refractivity contribution is -0.121. The molecule has 0 bridgehead atoms.